The number of benzene rings is 1. The van der Waals surface area contributed by atoms with Crippen LogP contribution in [0.5, 0.6) is 0 Å². The van der Waals surface area contributed by atoms with Gasteiger partial charge in [-0.05, 0) is 30.5 Å². The van der Waals surface area contributed by atoms with Gasteiger partial charge in [0.05, 0.1) is 12.9 Å². The zero-order valence-electron chi connectivity index (χ0n) is 17.0. The van der Waals surface area contributed by atoms with Crippen LogP contribution in [0, 0.1) is 6.92 Å². The van der Waals surface area contributed by atoms with Gasteiger partial charge < -0.3 is 18.7 Å². The summed E-state index contributed by atoms with van der Waals surface area (Å²) in [5, 5.41) is 9.67. The molecule has 2 atom stereocenters. The first-order chi connectivity index (χ1) is 14.8. The summed E-state index contributed by atoms with van der Waals surface area (Å²) in [7, 11) is 1.31. The van der Waals surface area contributed by atoms with Crippen LogP contribution in [0.4, 0.5) is 0 Å². The van der Waals surface area contributed by atoms with Gasteiger partial charge >= 0.3 is 17.8 Å². The third kappa shape index (κ3) is 5.61. The molecule has 1 aromatic carbocycles. The number of esters is 1. The SMILES string of the molecule is COC(=O)[C@H](c1ccccc1Cl)N1CC[C@H](SCc2oc(=O)oc2C)/C(=C\C(=O)O)C1. The number of carbonyl (C=O) groups is 2. The summed E-state index contributed by atoms with van der Waals surface area (Å²) in [6.07, 6.45) is 1.76. The van der Waals surface area contributed by atoms with Crippen molar-refractivity contribution in [2.24, 2.45) is 0 Å². The molecule has 166 valence electrons. The van der Waals surface area contributed by atoms with Crippen LogP contribution in [0.25, 0.3) is 0 Å². The third-order valence-corrected chi connectivity index (χ3v) is 6.74. The van der Waals surface area contributed by atoms with Crippen molar-refractivity contribution in [3.05, 3.63) is 68.6 Å². The second kappa shape index (κ2) is 10.2. The summed E-state index contributed by atoms with van der Waals surface area (Å²) in [5.41, 5.74) is 1.25. The van der Waals surface area contributed by atoms with Crippen molar-refractivity contribution in [1.29, 1.82) is 0 Å². The summed E-state index contributed by atoms with van der Waals surface area (Å²) >= 11 is 7.79. The molecule has 0 unspecified atom stereocenters. The monoisotopic (exact) mass is 467 g/mol. The first-order valence-corrected chi connectivity index (χ1v) is 10.9. The van der Waals surface area contributed by atoms with Gasteiger partial charge in [-0.25, -0.2) is 14.4 Å². The normalized spacial score (nSPS) is 19.3. The van der Waals surface area contributed by atoms with Gasteiger partial charge in [-0.2, -0.15) is 0 Å². The van der Waals surface area contributed by atoms with E-state index in [0.29, 0.717) is 46.4 Å². The predicted molar refractivity (Wildman–Crippen MR) is 115 cm³/mol. The van der Waals surface area contributed by atoms with E-state index in [-0.39, 0.29) is 11.8 Å². The smallest absolute Gasteiger partial charge is 0.478 e. The molecule has 2 heterocycles. The van der Waals surface area contributed by atoms with Crippen molar-refractivity contribution >= 4 is 35.3 Å². The Morgan fingerprint density at radius 2 is 2.13 bits per heavy atom. The summed E-state index contributed by atoms with van der Waals surface area (Å²) < 4.78 is 14.9. The number of carboxylic acid groups (broad SMARTS) is 1. The Bertz CT molecular complexity index is 1040. The molecule has 10 heteroatoms. The van der Waals surface area contributed by atoms with Crippen molar-refractivity contribution in [2.75, 3.05) is 20.2 Å². The van der Waals surface area contributed by atoms with Crippen molar-refractivity contribution in [3.8, 4) is 0 Å². The summed E-state index contributed by atoms with van der Waals surface area (Å²) in [6.45, 7) is 2.42. The lowest BCUT2D eigenvalue weighted by atomic mass is 9.98. The molecule has 1 fully saturated rings. The number of likely N-dealkylation sites (tertiary alicyclic amines) is 1. The van der Waals surface area contributed by atoms with Gasteiger partial charge in [-0.1, -0.05) is 29.8 Å². The number of piperidine rings is 1. The quantitative estimate of drug-likeness (QED) is 0.483. The van der Waals surface area contributed by atoms with Gasteiger partial charge in [0.25, 0.3) is 0 Å². The van der Waals surface area contributed by atoms with Crippen LogP contribution in [0.2, 0.25) is 5.02 Å². The number of carboxylic acids is 1. The average molecular weight is 468 g/mol. The molecular formula is C21H22ClNO7S. The molecule has 0 amide bonds. The lowest BCUT2D eigenvalue weighted by Crippen LogP contribution is -2.43. The maximum Gasteiger partial charge on any atom is 0.519 e. The van der Waals surface area contributed by atoms with E-state index < -0.39 is 23.8 Å². The molecule has 0 radical (unpaired) electrons. The highest BCUT2D eigenvalue weighted by Gasteiger charge is 2.35. The van der Waals surface area contributed by atoms with Crippen molar-refractivity contribution in [2.45, 2.75) is 30.4 Å². The Hall–Kier alpha value is -2.49. The van der Waals surface area contributed by atoms with Gasteiger partial charge in [0.2, 0.25) is 0 Å². The highest BCUT2D eigenvalue weighted by atomic mass is 35.5. The first kappa shape index (κ1) is 23.2. The zero-order chi connectivity index (χ0) is 22.5. The van der Waals surface area contributed by atoms with Crippen LogP contribution < -0.4 is 5.82 Å². The highest BCUT2D eigenvalue weighted by Crippen LogP contribution is 2.36. The Labute approximate surface area is 187 Å². The molecule has 31 heavy (non-hydrogen) atoms. The first-order valence-electron chi connectivity index (χ1n) is 9.50. The van der Waals surface area contributed by atoms with E-state index in [1.807, 2.05) is 4.90 Å². The second-order valence-corrected chi connectivity index (χ2v) is 8.60. The second-order valence-electron chi connectivity index (χ2n) is 7.00. The number of halogens is 1. The average Bonchev–Trinajstić information content (AvgIpc) is 3.05. The minimum absolute atomic E-state index is 0.128. The molecule has 8 nitrogen and oxygen atoms in total. The van der Waals surface area contributed by atoms with Crippen LogP contribution >= 0.6 is 23.4 Å². The predicted octanol–water partition coefficient (Wildman–Crippen LogP) is 3.43. The van der Waals surface area contributed by atoms with E-state index in [0.717, 1.165) is 0 Å². The van der Waals surface area contributed by atoms with Crippen LogP contribution in [0.1, 0.15) is 29.5 Å². The number of thioether (sulfide) groups is 1. The van der Waals surface area contributed by atoms with E-state index >= 15 is 0 Å². The number of rotatable bonds is 7. The molecule has 0 spiro atoms. The van der Waals surface area contributed by atoms with Crippen LogP contribution in [0.3, 0.4) is 0 Å². The minimum Gasteiger partial charge on any atom is -0.478 e. The van der Waals surface area contributed by atoms with Crippen molar-refractivity contribution in [3.63, 3.8) is 0 Å². The summed E-state index contributed by atoms with van der Waals surface area (Å²) in [6, 6.07) is 6.26. The van der Waals surface area contributed by atoms with E-state index in [1.165, 1.54) is 24.9 Å². The van der Waals surface area contributed by atoms with Crippen molar-refractivity contribution < 1.29 is 28.3 Å². The zero-order valence-corrected chi connectivity index (χ0v) is 18.6. The topological polar surface area (TPSA) is 110 Å². The Balaban J connectivity index is 1.83. The number of methoxy groups -OCH3 is 1. The molecule has 1 aliphatic heterocycles. The lowest BCUT2D eigenvalue weighted by Gasteiger charge is -2.38. The molecule has 0 aliphatic carbocycles. The molecule has 0 saturated carbocycles. The minimum atomic E-state index is -1.07. The fraction of sp³-hybridized carbons (Fsp3) is 0.381. The molecule has 1 aromatic heterocycles. The number of ether oxygens (including phenoxy) is 1. The van der Waals surface area contributed by atoms with Gasteiger partial charge in [0.1, 0.15) is 11.8 Å². The van der Waals surface area contributed by atoms with Gasteiger partial charge in [0.15, 0.2) is 5.76 Å². The van der Waals surface area contributed by atoms with E-state index in [2.05, 4.69) is 0 Å². The van der Waals surface area contributed by atoms with Crippen LogP contribution in [0.15, 0.2) is 49.5 Å². The fourth-order valence-electron chi connectivity index (χ4n) is 3.56. The Kier molecular flexibility index (Phi) is 7.64. The number of carbonyl (C=O) groups excluding carboxylic acids is 1. The van der Waals surface area contributed by atoms with E-state index in [9.17, 15) is 19.5 Å². The van der Waals surface area contributed by atoms with Gasteiger partial charge in [0, 0.05) is 29.4 Å². The number of nitrogens with zero attached hydrogens (tertiary/aromatic N) is 1. The Morgan fingerprint density at radius 1 is 1.39 bits per heavy atom. The summed E-state index contributed by atoms with van der Waals surface area (Å²) in [5.74, 6) is -1.10. The van der Waals surface area contributed by atoms with Gasteiger partial charge in [-0.3, -0.25) is 4.90 Å². The Morgan fingerprint density at radius 3 is 2.74 bits per heavy atom. The largest absolute Gasteiger partial charge is 0.519 e. The molecule has 3 rings (SSSR count). The molecule has 1 N–H and O–H groups in total. The number of aliphatic carboxylic acids is 1. The summed E-state index contributed by atoms with van der Waals surface area (Å²) in [4.78, 5) is 37.2. The lowest BCUT2D eigenvalue weighted by molar-refractivity contribution is -0.147. The van der Waals surface area contributed by atoms with E-state index in [4.69, 9.17) is 25.2 Å². The molecule has 0 bridgehead atoms. The van der Waals surface area contributed by atoms with Gasteiger partial charge in [-0.15, -0.1) is 11.8 Å². The van der Waals surface area contributed by atoms with Crippen molar-refractivity contribution in [1.82, 2.24) is 4.90 Å². The molecule has 1 saturated heterocycles. The molecule has 1 aliphatic rings. The maximum atomic E-state index is 12.6. The maximum absolute atomic E-state index is 12.6. The number of hydrogen-bond acceptors (Lipinski definition) is 8. The van der Waals surface area contributed by atoms with E-state index in [1.54, 1.807) is 31.2 Å². The van der Waals surface area contributed by atoms with Crippen LogP contribution in [-0.4, -0.2) is 47.4 Å². The van der Waals surface area contributed by atoms with Crippen LogP contribution in [-0.2, 0) is 20.1 Å². The molecule has 2 aromatic rings. The molecular weight excluding hydrogens is 446 g/mol. The fourth-order valence-corrected chi connectivity index (χ4v) is 5.04. The number of aryl methyl sites for hydroxylation is 1. The highest BCUT2D eigenvalue weighted by molar-refractivity contribution is 7.99. The standard InChI is InChI=1S/C21H22ClNO7S/c1-12-16(30-21(27)29-12)11-31-17-7-8-23(10-13(17)9-18(24)25)19(20(26)28-2)14-5-3-4-6-15(14)22/h3-6,9,17,19H,7-8,10-11H2,1-2H3,(H,24,25)/b13-9-/t17-,19-/m0/s1. The third-order valence-electron chi connectivity index (χ3n) is 5.03. The number of hydrogen-bond donors (Lipinski definition) is 1.